The van der Waals surface area contributed by atoms with Gasteiger partial charge in [0.25, 0.3) is 0 Å². The van der Waals surface area contributed by atoms with Gasteiger partial charge in [-0.1, -0.05) is 44.5 Å². The lowest BCUT2D eigenvalue weighted by atomic mass is 9.91. The van der Waals surface area contributed by atoms with Crippen LogP contribution in [0, 0.1) is 6.92 Å². The number of nitrogens with zero attached hydrogens (tertiary/aromatic N) is 1. The molecule has 0 N–H and O–H groups in total. The van der Waals surface area contributed by atoms with Gasteiger partial charge in [0.1, 0.15) is 12.4 Å². The standard InChI is InChI=1S/C31H45NO7SSi/c1-23-12-15-26(16-13-23)40(34,35)32(5)19-18-25-10-9-11-28(39-41(7,8)31(2,3)4)30(25)38-29-20-24(21-33)14-17-27(29)37-22-36-6/h10,12-17,20-21,28,30H,9,11,18-19,22H2,1-8H3. The maximum atomic E-state index is 13.3. The van der Waals surface area contributed by atoms with E-state index in [1.807, 2.05) is 6.92 Å². The van der Waals surface area contributed by atoms with E-state index in [9.17, 15) is 13.2 Å². The van der Waals surface area contributed by atoms with Crippen molar-refractivity contribution in [2.45, 2.75) is 82.2 Å². The quantitative estimate of drug-likeness (QED) is 0.114. The Balaban J connectivity index is 1.92. The first kappa shape index (κ1) is 33.0. The van der Waals surface area contributed by atoms with Gasteiger partial charge in [0, 0.05) is 26.3 Å². The average Bonchev–Trinajstić information content (AvgIpc) is 2.91. The number of sulfonamides is 1. The molecule has 1 aliphatic rings. The van der Waals surface area contributed by atoms with Crippen molar-refractivity contribution in [1.29, 1.82) is 0 Å². The number of ether oxygens (including phenoxy) is 3. The van der Waals surface area contributed by atoms with Gasteiger partial charge in [0.2, 0.25) is 10.0 Å². The predicted molar refractivity (Wildman–Crippen MR) is 164 cm³/mol. The van der Waals surface area contributed by atoms with Crippen LogP contribution in [-0.4, -0.2) is 67.0 Å². The highest BCUT2D eigenvalue weighted by atomic mass is 32.2. The monoisotopic (exact) mass is 603 g/mol. The lowest BCUT2D eigenvalue weighted by molar-refractivity contribution is 0.0347. The van der Waals surface area contributed by atoms with Gasteiger partial charge in [-0.05, 0) is 80.2 Å². The summed E-state index contributed by atoms with van der Waals surface area (Å²) in [4.78, 5) is 11.9. The van der Waals surface area contributed by atoms with E-state index in [1.54, 1.807) is 49.5 Å². The van der Waals surface area contributed by atoms with Crippen molar-refractivity contribution in [2.75, 3.05) is 27.5 Å². The fourth-order valence-electron chi connectivity index (χ4n) is 4.38. The van der Waals surface area contributed by atoms with Crippen LogP contribution in [0.4, 0.5) is 0 Å². The molecule has 0 radical (unpaired) electrons. The highest BCUT2D eigenvalue weighted by Gasteiger charge is 2.43. The Morgan fingerprint density at radius 1 is 1.07 bits per heavy atom. The van der Waals surface area contributed by atoms with Gasteiger partial charge in [0.05, 0.1) is 11.0 Å². The summed E-state index contributed by atoms with van der Waals surface area (Å²) < 4.78 is 52.3. The molecule has 226 valence electrons. The summed E-state index contributed by atoms with van der Waals surface area (Å²) in [7, 11) is -2.70. The molecule has 0 saturated heterocycles. The van der Waals surface area contributed by atoms with Gasteiger partial charge in [0.15, 0.2) is 26.6 Å². The first-order chi connectivity index (χ1) is 19.2. The first-order valence-electron chi connectivity index (χ1n) is 14.0. The normalized spacial score (nSPS) is 18.2. The summed E-state index contributed by atoms with van der Waals surface area (Å²) in [5.41, 5.74) is 2.41. The van der Waals surface area contributed by atoms with Crippen LogP contribution in [0.2, 0.25) is 18.1 Å². The number of carbonyl (C=O) groups excluding carboxylic acids is 1. The zero-order valence-electron chi connectivity index (χ0n) is 25.6. The number of hydrogen-bond donors (Lipinski definition) is 0. The van der Waals surface area contributed by atoms with Crippen molar-refractivity contribution in [3.8, 4) is 11.5 Å². The van der Waals surface area contributed by atoms with Crippen molar-refractivity contribution in [2.24, 2.45) is 0 Å². The van der Waals surface area contributed by atoms with Crippen LogP contribution in [0.3, 0.4) is 0 Å². The van der Waals surface area contributed by atoms with E-state index < -0.39 is 24.4 Å². The number of aryl methyl sites for hydroxylation is 1. The second-order valence-electron chi connectivity index (χ2n) is 12.1. The second kappa shape index (κ2) is 13.6. The fourth-order valence-corrected chi connectivity index (χ4v) is 6.90. The molecule has 0 aliphatic heterocycles. The second-order valence-corrected chi connectivity index (χ2v) is 18.9. The third-order valence-electron chi connectivity index (χ3n) is 7.95. The molecule has 0 heterocycles. The molecule has 0 fully saturated rings. The fraction of sp³-hybridized carbons (Fsp3) is 0.516. The largest absolute Gasteiger partial charge is 0.479 e. The number of benzene rings is 2. The van der Waals surface area contributed by atoms with Crippen LogP contribution in [-0.2, 0) is 19.2 Å². The van der Waals surface area contributed by atoms with Gasteiger partial charge in [-0.25, -0.2) is 12.7 Å². The number of methoxy groups -OCH3 is 1. The molecule has 8 nitrogen and oxygen atoms in total. The van der Waals surface area contributed by atoms with Crippen LogP contribution in [0.25, 0.3) is 0 Å². The van der Waals surface area contributed by atoms with E-state index in [0.29, 0.717) is 23.5 Å². The highest BCUT2D eigenvalue weighted by Crippen LogP contribution is 2.41. The summed E-state index contributed by atoms with van der Waals surface area (Å²) in [6.45, 7) is 13.2. The first-order valence-corrected chi connectivity index (χ1v) is 18.3. The molecule has 2 aromatic carbocycles. The zero-order valence-corrected chi connectivity index (χ0v) is 27.4. The molecule has 1 aliphatic carbocycles. The van der Waals surface area contributed by atoms with Gasteiger partial charge >= 0.3 is 0 Å². The van der Waals surface area contributed by atoms with Crippen molar-refractivity contribution in [1.82, 2.24) is 4.31 Å². The van der Waals surface area contributed by atoms with Crippen LogP contribution in [0.1, 0.15) is 56.0 Å². The van der Waals surface area contributed by atoms with E-state index in [4.69, 9.17) is 18.6 Å². The maximum Gasteiger partial charge on any atom is 0.242 e. The molecular formula is C31H45NO7SSi. The minimum absolute atomic E-state index is 0.00855. The number of aldehydes is 1. The van der Waals surface area contributed by atoms with Gasteiger partial charge < -0.3 is 18.6 Å². The van der Waals surface area contributed by atoms with Crippen LogP contribution < -0.4 is 9.47 Å². The van der Waals surface area contributed by atoms with Gasteiger partial charge in [-0.3, -0.25) is 4.79 Å². The smallest absolute Gasteiger partial charge is 0.242 e. The number of hydrogen-bond acceptors (Lipinski definition) is 7. The Morgan fingerprint density at radius 3 is 2.37 bits per heavy atom. The Morgan fingerprint density at radius 2 is 1.76 bits per heavy atom. The average molecular weight is 604 g/mol. The predicted octanol–water partition coefficient (Wildman–Crippen LogP) is 6.36. The van der Waals surface area contributed by atoms with E-state index >= 15 is 0 Å². The molecule has 0 bridgehead atoms. The highest BCUT2D eigenvalue weighted by molar-refractivity contribution is 7.89. The maximum absolute atomic E-state index is 13.3. The van der Waals surface area contributed by atoms with Crippen LogP contribution in [0.15, 0.2) is 59.0 Å². The Bertz CT molecular complexity index is 1320. The van der Waals surface area contributed by atoms with Gasteiger partial charge in [-0.15, -0.1) is 0 Å². The van der Waals surface area contributed by atoms with Crippen LogP contribution >= 0.6 is 0 Å². The van der Waals surface area contributed by atoms with Crippen LogP contribution in [0.5, 0.6) is 11.5 Å². The molecular weight excluding hydrogens is 558 g/mol. The lowest BCUT2D eigenvalue weighted by Gasteiger charge is -2.43. The molecule has 2 aromatic rings. The summed E-state index contributed by atoms with van der Waals surface area (Å²) in [6, 6.07) is 11.9. The molecule has 41 heavy (non-hydrogen) atoms. The topological polar surface area (TPSA) is 91.4 Å². The van der Waals surface area contributed by atoms with Crippen molar-refractivity contribution in [3.63, 3.8) is 0 Å². The van der Waals surface area contributed by atoms with Crippen molar-refractivity contribution in [3.05, 3.63) is 65.2 Å². The zero-order chi connectivity index (χ0) is 30.4. The number of allylic oxidation sites excluding steroid dienone is 1. The van der Waals surface area contributed by atoms with E-state index in [0.717, 1.165) is 30.3 Å². The molecule has 2 unspecified atom stereocenters. The molecule has 10 heteroatoms. The molecule has 0 aromatic heterocycles. The van der Waals surface area contributed by atoms with E-state index in [2.05, 4.69) is 39.9 Å². The number of carbonyl (C=O) groups is 1. The van der Waals surface area contributed by atoms with Crippen molar-refractivity contribution < 1.29 is 31.8 Å². The van der Waals surface area contributed by atoms with Gasteiger partial charge in [-0.2, -0.15) is 0 Å². The minimum Gasteiger partial charge on any atom is -0.479 e. The molecule has 3 rings (SSSR count). The minimum atomic E-state index is -3.65. The number of rotatable bonds is 13. The summed E-state index contributed by atoms with van der Waals surface area (Å²) >= 11 is 0. The van der Waals surface area contributed by atoms with E-state index in [1.165, 1.54) is 11.4 Å². The molecule has 0 saturated carbocycles. The third kappa shape index (κ3) is 8.29. The summed E-state index contributed by atoms with van der Waals surface area (Å²) in [6.07, 6.45) is 4.18. The Labute approximate surface area is 246 Å². The Hall–Kier alpha value is -2.50. The Kier molecular flexibility index (Phi) is 11.0. The molecule has 2 atom stereocenters. The molecule has 0 amide bonds. The molecule has 0 spiro atoms. The lowest BCUT2D eigenvalue weighted by Crippen LogP contribution is -2.49. The third-order valence-corrected chi connectivity index (χ3v) is 14.3. The summed E-state index contributed by atoms with van der Waals surface area (Å²) in [5, 5.41) is -0.00855. The summed E-state index contributed by atoms with van der Waals surface area (Å²) in [5.74, 6) is 0.862. The van der Waals surface area contributed by atoms with E-state index in [-0.39, 0.29) is 29.4 Å². The SMILES string of the molecule is COCOc1ccc(C=O)cc1OC1C(CCN(C)S(=O)(=O)c2ccc(C)cc2)=CCCC1O[Si](C)(C)C(C)(C)C. The van der Waals surface area contributed by atoms with Crippen molar-refractivity contribution >= 4 is 24.6 Å².